The minimum absolute atomic E-state index is 0.0964. The molecule has 0 aromatic heterocycles. The van der Waals surface area contributed by atoms with Gasteiger partial charge in [-0.1, -0.05) is 6.07 Å². The summed E-state index contributed by atoms with van der Waals surface area (Å²) in [7, 11) is 1.60. The first-order valence-electron chi connectivity index (χ1n) is 5.81. The molecule has 1 amide bonds. The highest BCUT2D eigenvalue weighted by Crippen LogP contribution is 2.28. The molecule has 1 aromatic carbocycles. The number of phenolic OH excluding ortho intramolecular Hbond substituents is 1. The lowest BCUT2D eigenvalue weighted by molar-refractivity contribution is -0.385. The highest BCUT2D eigenvalue weighted by Gasteiger charge is 2.20. The van der Waals surface area contributed by atoms with E-state index in [0.717, 1.165) is 18.9 Å². The van der Waals surface area contributed by atoms with Gasteiger partial charge in [-0.3, -0.25) is 14.9 Å². The van der Waals surface area contributed by atoms with Gasteiger partial charge in [0.2, 0.25) is 5.75 Å². The van der Waals surface area contributed by atoms with Crippen molar-refractivity contribution in [2.24, 2.45) is 0 Å². The van der Waals surface area contributed by atoms with Gasteiger partial charge in [0.25, 0.3) is 5.91 Å². The molecule has 0 bridgehead atoms. The number of phenols is 1. The fourth-order valence-corrected chi connectivity index (χ4v) is 1.53. The molecular formula is C12H16N2O5. The molecule has 1 rings (SSSR count). The van der Waals surface area contributed by atoms with Crippen LogP contribution in [0.15, 0.2) is 18.2 Å². The lowest BCUT2D eigenvalue weighted by atomic mass is 10.1. The van der Waals surface area contributed by atoms with Crippen molar-refractivity contribution in [3.63, 3.8) is 0 Å². The van der Waals surface area contributed by atoms with E-state index < -0.39 is 22.3 Å². The predicted octanol–water partition coefficient (Wildman–Crippen LogP) is 1.46. The number of unbranched alkanes of at least 4 members (excludes halogenated alkanes) is 1. The Morgan fingerprint density at radius 2 is 2.21 bits per heavy atom. The molecule has 104 valence electrons. The van der Waals surface area contributed by atoms with Crippen LogP contribution in [0, 0.1) is 10.1 Å². The van der Waals surface area contributed by atoms with E-state index in [1.54, 1.807) is 7.11 Å². The molecule has 0 unspecified atom stereocenters. The second kappa shape index (κ2) is 7.32. The zero-order chi connectivity index (χ0) is 14.3. The summed E-state index contributed by atoms with van der Waals surface area (Å²) in [6.07, 6.45) is 1.53. The maximum absolute atomic E-state index is 11.7. The number of nitro groups is 1. The number of nitrogens with one attached hydrogen (secondary N) is 1. The maximum Gasteiger partial charge on any atom is 0.311 e. The van der Waals surface area contributed by atoms with E-state index in [2.05, 4.69) is 5.32 Å². The number of benzene rings is 1. The Morgan fingerprint density at radius 3 is 2.84 bits per heavy atom. The molecule has 1 aromatic rings. The van der Waals surface area contributed by atoms with Gasteiger partial charge in [-0.2, -0.15) is 0 Å². The van der Waals surface area contributed by atoms with E-state index in [4.69, 9.17) is 4.74 Å². The average Bonchev–Trinajstić information content (AvgIpc) is 2.38. The van der Waals surface area contributed by atoms with Gasteiger partial charge < -0.3 is 15.2 Å². The number of para-hydroxylation sites is 1. The summed E-state index contributed by atoms with van der Waals surface area (Å²) in [6, 6.07) is 3.84. The van der Waals surface area contributed by atoms with Crippen LogP contribution in [0.1, 0.15) is 23.2 Å². The van der Waals surface area contributed by atoms with Gasteiger partial charge in [-0.05, 0) is 18.9 Å². The van der Waals surface area contributed by atoms with Gasteiger partial charge in [0, 0.05) is 26.3 Å². The van der Waals surface area contributed by atoms with Crippen LogP contribution in [-0.2, 0) is 4.74 Å². The van der Waals surface area contributed by atoms with Gasteiger partial charge >= 0.3 is 5.69 Å². The number of nitrogens with zero attached hydrogens (tertiary/aromatic N) is 1. The fourth-order valence-electron chi connectivity index (χ4n) is 1.53. The van der Waals surface area contributed by atoms with Gasteiger partial charge in [0.05, 0.1) is 10.5 Å². The number of rotatable bonds is 7. The van der Waals surface area contributed by atoms with Crippen LogP contribution in [0.25, 0.3) is 0 Å². The highest BCUT2D eigenvalue weighted by molar-refractivity contribution is 5.98. The summed E-state index contributed by atoms with van der Waals surface area (Å²) in [5.74, 6) is -1.14. The number of ether oxygens (including phenoxy) is 1. The Balaban J connectivity index is 2.62. The first-order chi connectivity index (χ1) is 9.07. The van der Waals surface area contributed by atoms with Crippen molar-refractivity contribution in [2.75, 3.05) is 20.3 Å². The Kier molecular flexibility index (Phi) is 5.74. The van der Waals surface area contributed by atoms with Gasteiger partial charge in [0.1, 0.15) is 0 Å². The van der Waals surface area contributed by atoms with Crippen LogP contribution in [-0.4, -0.2) is 36.2 Å². The van der Waals surface area contributed by atoms with Gasteiger partial charge in [0.15, 0.2) is 0 Å². The molecule has 0 radical (unpaired) electrons. The molecule has 0 aliphatic heterocycles. The third kappa shape index (κ3) is 4.22. The van der Waals surface area contributed by atoms with Crippen molar-refractivity contribution in [3.8, 4) is 5.75 Å². The number of amides is 1. The second-order valence-corrected chi connectivity index (χ2v) is 3.89. The summed E-state index contributed by atoms with van der Waals surface area (Å²) in [4.78, 5) is 21.6. The van der Waals surface area contributed by atoms with Crippen LogP contribution in [0.5, 0.6) is 5.75 Å². The van der Waals surface area contributed by atoms with Crippen molar-refractivity contribution in [1.82, 2.24) is 5.32 Å². The Hall–Kier alpha value is -2.15. The molecule has 0 aliphatic carbocycles. The quantitative estimate of drug-likeness (QED) is 0.443. The SMILES string of the molecule is COCCCCNC(=O)c1cccc([N+](=O)[O-])c1O. The minimum Gasteiger partial charge on any atom is -0.502 e. The largest absolute Gasteiger partial charge is 0.502 e. The molecule has 0 saturated heterocycles. The summed E-state index contributed by atoms with van der Waals surface area (Å²) >= 11 is 0. The third-order valence-corrected chi connectivity index (χ3v) is 2.52. The Morgan fingerprint density at radius 1 is 1.47 bits per heavy atom. The summed E-state index contributed by atoms with van der Waals surface area (Å²) in [6.45, 7) is 1.03. The number of hydrogen-bond donors (Lipinski definition) is 2. The van der Waals surface area contributed by atoms with E-state index >= 15 is 0 Å². The van der Waals surface area contributed by atoms with Gasteiger partial charge in [-0.25, -0.2) is 0 Å². The number of carbonyl (C=O) groups excluding carboxylic acids is 1. The highest BCUT2D eigenvalue weighted by atomic mass is 16.6. The van der Waals surface area contributed by atoms with Crippen molar-refractivity contribution in [1.29, 1.82) is 0 Å². The molecule has 0 aliphatic rings. The molecule has 0 saturated carbocycles. The molecule has 7 nitrogen and oxygen atoms in total. The van der Waals surface area contributed by atoms with Crippen molar-refractivity contribution in [2.45, 2.75) is 12.8 Å². The van der Waals surface area contributed by atoms with Crippen LogP contribution in [0.3, 0.4) is 0 Å². The lowest BCUT2D eigenvalue weighted by Crippen LogP contribution is -2.24. The third-order valence-electron chi connectivity index (χ3n) is 2.52. The molecule has 0 heterocycles. The number of methoxy groups -OCH3 is 1. The zero-order valence-electron chi connectivity index (χ0n) is 10.6. The van der Waals surface area contributed by atoms with E-state index in [0.29, 0.717) is 13.2 Å². The van der Waals surface area contributed by atoms with Crippen LogP contribution >= 0.6 is 0 Å². The molecule has 7 heteroatoms. The van der Waals surface area contributed by atoms with Crippen LogP contribution in [0.4, 0.5) is 5.69 Å². The zero-order valence-corrected chi connectivity index (χ0v) is 10.6. The number of hydrogen-bond acceptors (Lipinski definition) is 5. The molecule has 0 fully saturated rings. The topological polar surface area (TPSA) is 102 Å². The lowest BCUT2D eigenvalue weighted by Gasteiger charge is -2.06. The van der Waals surface area contributed by atoms with E-state index in [1.165, 1.54) is 12.1 Å². The Labute approximate surface area is 110 Å². The summed E-state index contributed by atoms with van der Waals surface area (Å²) in [5.41, 5.74) is -0.576. The van der Waals surface area contributed by atoms with Crippen molar-refractivity contribution in [3.05, 3.63) is 33.9 Å². The van der Waals surface area contributed by atoms with Crippen LogP contribution in [0.2, 0.25) is 0 Å². The summed E-state index contributed by atoms with van der Waals surface area (Å²) in [5, 5.41) is 22.9. The van der Waals surface area contributed by atoms with E-state index in [1.807, 2.05) is 0 Å². The summed E-state index contributed by atoms with van der Waals surface area (Å²) < 4.78 is 4.87. The first kappa shape index (κ1) is 14.9. The van der Waals surface area contributed by atoms with Crippen molar-refractivity contribution >= 4 is 11.6 Å². The average molecular weight is 268 g/mol. The molecule has 0 atom stereocenters. The molecule has 2 N–H and O–H groups in total. The first-order valence-corrected chi connectivity index (χ1v) is 5.81. The standard InChI is InChI=1S/C12H16N2O5/c1-19-8-3-2-7-13-12(16)9-5-4-6-10(11(9)15)14(17)18/h4-6,15H,2-3,7-8H2,1H3,(H,13,16). The fraction of sp³-hybridized carbons (Fsp3) is 0.417. The molecule has 19 heavy (non-hydrogen) atoms. The monoisotopic (exact) mass is 268 g/mol. The van der Waals surface area contributed by atoms with Crippen molar-refractivity contribution < 1.29 is 19.6 Å². The molecular weight excluding hydrogens is 252 g/mol. The number of carbonyl (C=O) groups is 1. The predicted molar refractivity (Wildman–Crippen MR) is 68.2 cm³/mol. The Bertz CT molecular complexity index is 461. The normalized spacial score (nSPS) is 10.2. The number of nitro benzene ring substituents is 1. The van der Waals surface area contributed by atoms with E-state index in [9.17, 15) is 20.0 Å². The maximum atomic E-state index is 11.7. The number of aromatic hydroxyl groups is 1. The second-order valence-electron chi connectivity index (χ2n) is 3.89. The molecule has 0 spiro atoms. The van der Waals surface area contributed by atoms with Gasteiger partial charge in [-0.15, -0.1) is 0 Å². The van der Waals surface area contributed by atoms with Crippen LogP contribution < -0.4 is 5.32 Å². The smallest absolute Gasteiger partial charge is 0.311 e. The van der Waals surface area contributed by atoms with E-state index in [-0.39, 0.29) is 5.56 Å². The minimum atomic E-state index is -0.731.